The molecule has 0 aliphatic rings. The second-order valence-electron chi connectivity index (χ2n) is 4.55. The summed E-state index contributed by atoms with van der Waals surface area (Å²) in [5, 5.41) is 7.15. The van der Waals surface area contributed by atoms with Crippen molar-refractivity contribution in [1.82, 2.24) is 15.1 Å². The molecule has 0 aliphatic heterocycles. The van der Waals surface area contributed by atoms with Gasteiger partial charge in [0, 0.05) is 24.7 Å². The number of nitrogens with one attached hydrogen (secondary N) is 1. The Labute approximate surface area is 108 Å². The first kappa shape index (κ1) is 12.6. The number of benzene rings is 1. The van der Waals surface area contributed by atoms with E-state index >= 15 is 0 Å². The van der Waals surface area contributed by atoms with Crippen LogP contribution < -0.4 is 4.74 Å². The summed E-state index contributed by atoms with van der Waals surface area (Å²) in [5.74, 6) is 0.669. The highest BCUT2D eigenvalue weighted by Gasteiger charge is 2.03. The third-order valence-corrected chi connectivity index (χ3v) is 2.63. The van der Waals surface area contributed by atoms with Crippen LogP contribution in [0.1, 0.15) is 11.3 Å². The molecule has 1 aromatic carbocycles. The smallest absolute Gasteiger partial charge is 0.232 e. The van der Waals surface area contributed by atoms with Gasteiger partial charge in [0.2, 0.25) is 5.88 Å². The first-order valence-electron chi connectivity index (χ1n) is 6.10. The molecular weight excluding hydrogens is 226 g/mol. The summed E-state index contributed by atoms with van der Waals surface area (Å²) in [6, 6.07) is 12.3. The van der Waals surface area contributed by atoms with Crippen LogP contribution in [0.2, 0.25) is 0 Å². The number of H-pyrrole nitrogens is 1. The van der Waals surface area contributed by atoms with Gasteiger partial charge in [-0.25, -0.2) is 0 Å². The number of aromatic amines is 1. The molecule has 0 saturated carbocycles. The standard InChI is InChI=1S/C14H19N3O/c1-17(2)8-9-18-14-11-13(15-16-14)10-12-6-4-3-5-7-12/h3-7,11H,8-10H2,1-2H3,(H,15,16). The van der Waals surface area contributed by atoms with Crippen LogP contribution in [-0.2, 0) is 6.42 Å². The maximum atomic E-state index is 5.55. The van der Waals surface area contributed by atoms with Gasteiger partial charge in [-0.15, -0.1) is 5.10 Å². The van der Waals surface area contributed by atoms with Crippen LogP contribution >= 0.6 is 0 Å². The Bertz CT molecular complexity index is 465. The molecule has 2 aromatic rings. The molecule has 0 unspecified atom stereocenters. The molecule has 1 heterocycles. The van der Waals surface area contributed by atoms with E-state index in [0.717, 1.165) is 18.7 Å². The van der Waals surface area contributed by atoms with Crippen LogP contribution in [0.15, 0.2) is 36.4 Å². The molecule has 0 amide bonds. The van der Waals surface area contributed by atoms with E-state index in [1.165, 1.54) is 5.56 Å². The van der Waals surface area contributed by atoms with Gasteiger partial charge in [0.1, 0.15) is 6.61 Å². The fourth-order valence-corrected chi connectivity index (χ4v) is 1.65. The molecule has 2 rings (SSSR count). The maximum Gasteiger partial charge on any atom is 0.232 e. The lowest BCUT2D eigenvalue weighted by molar-refractivity contribution is 0.253. The van der Waals surface area contributed by atoms with E-state index in [0.29, 0.717) is 12.5 Å². The number of hydrogen-bond acceptors (Lipinski definition) is 3. The second kappa shape index (κ2) is 6.21. The summed E-state index contributed by atoms with van der Waals surface area (Å²) in [7, 11) is 4.05. The maximum absolute atomic E-state index is 5.55. The van der Waals surface area contributed by atoms with E-state index < -0.39 is 0 Å². The van der Waals surface area contributed by atoms with Crippen LogP contribution in [-0.4, -0.2) is 42.3 Å². The summed E-state index contributed by atoms with van der Waals surface area (Å²) in [4.78, 5) is 2.08. The topological polar surface area (TPSA) is 41.1 Å². The molecule has 4 nitrogen and oxygen atoms in total. The number of hydrogen-bond donors (Lipinski definition) is 1. The van der Waals surface area contributed by atoms with E-state index in [1.807, 2.05) is 38.4 Å². The number of ether oxygens (including phenoxy) is 1. The van der Waals surface area contributed by atoms with Crippen LogP contribution in [0.25, 0.3) is 0 Å². The summed E-state index contributed by atoms with van der Waals surface area (Å²) >= 11 is 0. The Hall–Kier alpha value is -1.81. The van der Waals surface area contributed by atoms with Crippen LogP contribution in [0.4, 0.5) is 0 Å². The molecule has 1 N–H and O–H groups in total. The lowest BCUT2D eigenvalue weighted by Gasteiger charge is -2.08. The molecule has 1 aromatic heterocycles. The highest BCUT2D eigenvalue weighted by molar-refractivity contribution is 5.23. The number of rotatable bonds is 6. The summed E-state index contributed by atoms with van der Waals surface area (Å²) < 4.78 is 5.55. The first-order valence-corrected chi connectivity index (χ1v) is 6.10. The Morgan fingerprint density at radius 2 is 2.00 bits per heavy atom. The van der Waals surface area contributed by atoms with Gasteiger partial charge in [-0.3, -0.25) is 5.10 Å². The molecular formula is C14H19N3O. The van der Waals surface area contributed by atoms with Crippen molar-refractivity contribution in [3.63, 3.8) is 0 Å². The zero-order chi connectivity index (χ0) is 12.8. The van der Waals surface area contributed by atoms with Crippen molar-refractivity contribution in [2.75, 3.05) is 27.2 Å². The average molecular weight is 245 g/mol. The first-order chi connectivity index (χ1) is 8.74. The molecule has 96 valence electrons. The van der Waals surface area contributed by atoms with Crippen LogP contribution in [0.3, 0.4) is 0 Å². The quantitative estimate of drug-likeness (QED) is 0.845. The third-order valence-electron chi connectivity index (χ3n) is 2.63. The molecule has 0 saturated heterocycles. The van der Waals surface area contributed by atoms with Gasteiger partial charge in [-0.2, -0.15) is 0 Å². The Morgan fingerprint density at radius 3 is 2.72 bits per heavy atom. The van der Waals surface area contributed by atoms with Gasteiger partial charge in [-0.05, 0) is 19.7 Å². The van der Waals surface area contributed by atoms with E-state index in [4.69, 9.17) is 4.74 Å². The van der Waals surface area contributed by atoms with Crippen LogP contribution in [0, 0.1) is 0 Å². The van der Waals surface area contributed by atoms with Gasteiger partial charge in [-0.1, -0.05) is 30.3 Å². The van der Waals surface area contributed by atoms with Gasteiger partial charge < -0.3 is 9.64 Å². The van der Waals surface area contributed by atoms with E-state index in [1.54, 1.807) is 0 Å². The zero-order valence-electron chi connectivity index (χ0n) is 10.9. The van der Waals surface area contributed by atoms with Crippen molar-refractivity contribution in [2.24, 2.45) is 0 Å². The summed E-state index contributed by atoms with van der Waals surface area (Å²) in [6.07, 6.45) is 0.852. The largest absolute Gasteiger partial charge is 0.475 e. The summed E-state index contributed by atoms with van der Waals surface area (Å²) in [5.41, 5.74) is 2.34. The predicted molar refractivity (Wildman–Crippen MR) is 71.9 cm³/mol. The molecule has 0 fully saturated rings. The molecule has 18 heavy (non-hydrogen) atoms. The minimum Gasteiger partial charge on any atom is -0.475 e. The van der Waals surface area contributed by atoms with E-state index in [9.17, 15) is 0 Å². The highest BCUT2D eigenvalue weighted by Crippen LogP contribution is 2.12. The second-order valence-corrected chi connectivity index (χ2v) is 4.55. The number of nitrogens with zero attached hydrogens (tertiary/aromatic N) is 2. The fraction of sp³-hybridized carbons (Fsp3) is 0.357. The molecule has 0 spiro atoms. The van der Waals surface area contributed by atoms with Gasteiger partial charge in [0.25, 0.3) is 0 Å². The molecule has 0 aliphatic carbocycles. The number of likely N-dealkylation sites (N-methyl/N-ethyl adjacent to an activating group) is 1. The third kappa shape index (κ3) is 3.89. The highest BCUT2D eigenvalue weighted by atomic mass is 16.5. The Morgan fingerprint density at radius 1 is 1.22 bits per heavy atom. The Balaban J connectivity index is 1.86. The summed E-state index contributed by atoms with van der Waals surface area (Å²) in [6.45, 7) is 1.55. The fourth-order valence-electron chi connectivity index (χ4n) is 1.65. The van der Waals surface area contributed by atoms with Crippen molar-refractivity contribution < 1.29 is 4.74 Å². The van der Waals surface area contributed by atoms with Gasteiger partial charge >= 0.3 is 0 Å². The molecule has 0 bridgehead atoms. The average Bonchev–Trinajstić information content (AvgIpc) is 2.78. The minimum atomic E-state index is 0.655. The lowest BCUT2D eigenvalue weighted by Crippen LogP contribution is -2.19. The van der Waals surface area contributed by atoms with Crippen molar-refractivity contribution in [3.05, 3.63) is 47.7 Å². The van der Waals surface area contributed by atoms with E-state index in [2.05, 4.69) is 27.2 Å². The molecule has 0 atom stereocenters. The van der Waals surface area contributed by atoms with Crippen LogP contribution in [0.5, 0.6) is 5.88 Å². The van der Waals surface area contributed by atoms with Gasteiger partial charge in [0.15, 0.2) is 0 Å². The lowest BCUT2D eigenvalue weighted by atomic mass is 10.1. The number of aromatic nitrogens is 2. The molecule has 4 heteroatoms. The van der Waals surface area contributed by atoms with Crippen molar-refractivity contribution >= 4 is 0 Å². The SMILES string of the molecule is CN(C)CCOc1cc(Cc2ccccc2)[nH]n1. The van der Waals surface area contributed by atoms with Crippen molar-refractivity contribution in [2.45, 2.75) is 6.42 Å². The minimum absolute atomic E-state index is 0.655. The van der Waals surface area contributed by atoms with Gasteiger partial charge in [0.05, 0.1) is 0 Å². The predicted octanol–water partition coefficient (Wildman–Crippen LogP) is 1.94. The normalized spacial score (nSPS) is 10.8. The zero-order valence-corrected chi connectivity index (χ0v) is 10.9. The Kier molecular flexibility index (Phi) is 4.36. The van der Waals surface area contributed by atoms with E-state index in [-0.39, 0.29) is 0 Å². The monoisotopic (exact) mass is 245 g/mol. The van der Waals surface area contributed by atoms with Crippen molar-refractivity contribution in [1.29, 1.82) is 0 Å². The molecule has 0 radical (unpaired) electrons. The van der Waals surface area contributed by atoms with Crippen molar-refractivity contribution in [3.8, 4) is 5.88 Å².